The Balaban J connectivity index is 1.60. The van der Waals surface area contributed by atoms with E-state index >= 15 is 0 Å². The van der Waals surface area contributed by atoms with Gasteiger partial charge in [-0.3, -0.25) is 9.52 Å². The van der Waals surface area contributed by atoms with Crippen LogP contribution in [0.2, 0.25) is 0 Å². The van der Waals surface area contributed by atoms with E-state index in [1.165, 1.54) is 28.5 Å². The Morgan fingerprint density at radius 1 is 1.12 bits per heavy atom. The standard InChI is InChI=1S/C28H30N4O6S2/c1-18(19-7-10-23(38-2)11-8-19)28(35)32(22-6-4-5-21(17-22)27-29-15-16-39-27)30-14-13-20-9-12-24(33)25(26(20)34)31-40(3,36)37/h4-12,15-18,30-31,33-34H,13-14H2,1-3H3. The summed E-state index contributed by atoms with van der Waals surface area (Å²) >= 11 is 1.49. The highest BCUT2D eigenvalue weighted by Crippen LogP contribution is 2.37. The van der Waals surface area contributed by atoms with Crippen molar-refractivity contribution in [3.05, 3.63) is 83.4 Å². The van der Waals surface area contributed by atoms with Gasteiger partial charge in [0.15, 0.2) is 0 Å². The summed E-state index contributed by atoms with van der Waals surface area (Å²) in [6, 6.07) is 17.5. The molecule has 0 saturated carbocycles. The number of phenolic OH excluding ortho intramolecular Hbond substituents is 2. The average Bonchev–Trinajstić information content (AvgIpc) is 3.49. The number of ether oxygens (including phenoxy) is 1. The van der Waals surface area contributed by atoms with Gasteiger partial charge in [0.2, 0.25) is 15.9 Å². The molecule has 0 aliphatic heterocycles. The lowest BCUT2D eigenvalue weighted by atomic mass is 9.99. The molecule has 1 heterocycles. The van der Waals surface area contributed by atoms with Crippen molar-refractivity contribution in [1.29, 1.82) is 0 Å². The number of phenols is 2. The molecule has 0 radical (unpaired) electrons. The summed E-state index contributed by atoms with van der Waals surface area (Å²) in [4.78, 5) is 18.2. The van der Waals surface area contributed by atoms with Gasteiger partial charge in [0.05, 0.1) is 25.0 Å². The Morgan fingerprint density at radius 2 is 1.88 bits per heavy atom. The number of sulfonamides is 1. The molecule has 12 heteroatoms. The van der Waals surface area contributed by atoms with Crippen molar-refractivity contribution >= 4 is 38.6 Å². The highest BCUT2D eigenvalue weighted by molar-refractivity contribution is 7.92. The number of aromatic nitrogens is 1. The number of hydrazine groups is 1. The zero-order chi connectivity index (χ0) is 28.9. The number of methoxy groups -OCH3 is 1. The third kappa shape index (κ3) is 6.89. The number of nitrogens with zero attached hydrogens (tertiary/aromatic N) is 2. The number of carbonyl (C=O) groups is 1. The van der Waals surface area contributed by atoms with Crippen molar-refractivity contribution in [3.63, 3.8) is 0 Å². The van der Waals surface area contributed by atoms with Gasteiger partial charge in [-0.15, -0.1) is 11.3 Å². The molecule has 0 fully saturated rings. The van der Waals surface area contributed by atoms with E-state index in [0.717, 1.165) is 22.4 Å². The second-order valence-electron chi connectivity index (χ2n) is 9.06. The molecule has 0 bridgehead atoms. The Kier molecular flexibility index (Phi) is 8.93. The Morgan fingerprint density at radius 3 is 2.52 bits per heavy atom. The van der Waals surface area contributed by atoms with E-state index in [1.54, 1.807) is 25.4 Å². The lowest BCUT2D eigenvalue weighted by Gasteiger charge is -2.27. The predicted molar refractivity (Wildman–Crippen MR) is 156 cm³/mol. The number of benzene rings is 3. The van der Waals surface area contributed by atoms with Gasteiger partial charge in [0.1, 0.15) is 27.9 Å². The van der Waals surface area contributed by atoms with Crippen molar-refractivity contribution in [3.8, 4) is 27.8 Å². The van der Waals surface area contributed by atoms with E-state index in [-0.39, 0.29) is 30.3 Å². The van der Waals surface area contributed by atoms with Gasteiger partial charge in [0, 0.05) is 23.7 Å². The lowest BCUT2D eigenvalue weighted by Crippen LogP contribution is -2.46. The van der Waals surface area contributed by atoms with Gasteiger partial charge in [-0.25, -0.2) is 23.8 Å². The number of carbonyl (C=O) groups excluding carboxylic acids is 1. The van der Waals surface area contributed by atoms with E-state index in [0.29, 0.717) is 17.0 Å². The average molecular weight is 583 g/mol. The minimum atomic E-state index is -3.73. The number of thiazole rings is 1. The predicted octanol–water partition coefficient (Wildman–Crippen LogP) is 4.49. The number of rotatable bonds is 11. The van der Waals surface area contributed by atoms with Gasteiger partial charge < -0.3 is 14.9 Å². The van der Waals surface area contributed by atoms with Crippen LogP contribution in [0.25, 0.3) is 10.6 Å². The van der Waals surface area contributed by atoms with Crippen LogP contribution in [0.15, 0.2) is 72.2 Å². The summed E-state index contributed by atoms with van der Waals surface area (Å²) in [6.45, 7) is 2.03. The van der Waals surface area contributed by atoms with Crippen LogP contribution in [-0.2, 0) is 21.2 Å². The number of anilines is 2. The molecule has 1 amide bonds. The lowest BCUT2D eigenvalue weighted by molar-refractivity contribution is -0.120. The van der Waals surface area contributed by atoms with Crippen LogP contribution in [0.3, 0.4) is 0 Å². The molecule has 3 aromatic carbocycles. The molecule has 1 unspecified atom stereocenters. The molecule has 10 nitrogen and oxygen atoms in total. The summed E-state index contributed by atoms with van der Waals surface area (Å²) in [6.07, 6.45) is 2.86. The molecule has 4 rings (SSSR count). The van der Waals surface area contributed by atoms with Gasteiger partial charge in [-0.2, -0.15) is 0 Å². The van der Waals surface area contributed by atoms with E-state index < -0.39 is 21.7 Å². The molecule has 1 aromatic heterocycles. The third-order valence-corrected chi connectivity index (χ3v) is 7.58. The maximum atomic E-state index is 13.8. The smallest absolute Gasteiger partial charge is 0.248 e. The van der Waals surface area contributed by atoms with Gasteiger partial charge in [-0.1, -0.05) is 30.3 Å². The zero-order valence-electron chi connectivity index (χ0n) is 22.2. The zero-order valence-corrected chi connectivity index (χ0v) is 23.8. The number of hydrogen-bond donors (Lipinski definition) is 4. The normalized spacial score (nSPS) is 12.1. The molecule has 0 spiro atoms. The molecule has 0 saturated heterocycles. The molecule has 0 aliphatic rings. The molecular formula is C28H30N4O6S2. The van der Waals surface area contributed by atoms with Crippen LogP contribution in [0.4, 0.5) is 11.4 Å². The number of hydrogen-bond acceptors (Lipinski definition) is 9. The summed E-state index contributed by atoms with van der Waals surface area (Å²) in [5.41, 5.74) is 5.52. The second-order valence-corrected chi connectivity index (χ2v) is 11.7. The van der Waals surface area contributed by atoms with Gasteiger partial charge in [-0.05, 0) is 54.8 Å². The first-order chi connectivity index (χ1) is 19.1. The minimum Gasteiger partial charge on any atom is -0.506 e. The Labute approximate surface area is 236 Å². The first-order valence-corrected chi connectivity index (χ1v) is 15.1. The maximum Gasteiger partial charge on any atom is 0.248 e. The highest BCUT2D eigenvalue weighted by atomic mass is 32.2. The van der Waals surface area contributed by atoms with Crippen molar-refractivity contribution in [2.24, 2.45) is 0 Å². The largest absolute Gasteiger partial charge is 0.506 e. The highest BCUT2D eigenvalue weighted by Gasteiger charge is 2.24. The van der Waals surface area contributed by atoms with Crippen LogP contribution >= 0.6 is 11.3 Å². The Hall–Kier alpha value is -4.13. The summed E-state index contributed by atoms with van der Waals surface area (Å²) in [5.74, 6) is -0.815. The van der Waals surface area contributed by atoms with Crippen molar-refractivity contribution in [2.45, 2.75) is 19.3 Å². The minimum absolute atomic E-state index is 0.208. The summed E-state index contributed by atoms with van der Waals surface area (Å²) < 4.78 is 30.7. The van der Waals surface area contributed by atoms with E-state index in [1.807, 2.05) is 48.7 Å². The molecule has 4 N–H and O–H groups in total. The maximum absolute atomic E-state index is 13.8. The number of nitrogens with one attached hydrogen (secondary N) is 2. The van der Waals surface area contributed by atoms with Crippen molar-refractivity contribution in [2.75, 3.05) is 29.6 Å². The topological polar surface area (TPSA) is 141 Å². The van der Waals surface area contributed by atoms with E-state index in [4.69, 9.17) is 4.74 Å². The van der Waals surface area contributed by atoms with Crippen LogP contribution in [0.5, 0.6) is 17.2 Å². The van der Waals surface area contributed by atoms with E-state index in [2.05, 4.69) is 15.1 Å². The quantitative estimate of drug-likeness (QED) is 0.150. The first kappa shape index (κ1) is 28.9. The van der Waals surface area contributed by atoms with Crippen LogP contribution in [-0.4, -0.2) is 49.4 Å². The summed E-state index contributed by atoms with van der Waals surface area (Å²) in [7, 11) is -2.15. The molecule has 40 heavy (non-hydrogen) atoms. The van der Waals surface area contributed by atoms with Crippen molar-refractivity contribution in [1.82, 2.24) is 10.4 Å². The third-order valence-electron chi connectivity index (χ3n) is 6.18. The molecule has 210 valence electrons. The van der Waals surface area contributed by atoms with Gasteiger partial charge in [0.25, 0.3) is 0 Å². The fourth-order valence-corrected chi connectivity index (χ4v) is 5.29. The fourth-order valence-electron chi connectivity index (χ4n) is 4.08. The summed E-state index contributed by atoms with van der Waals surface area (Å²) in [5, 5.41) is 24.9. The van der Waals surface area contributed by atoms with Gasteiger partial charge >= 0.3 is 0 Å². The number of aromatic hydroxyl groups is 2. The fraction of sp³-hybridized carbons (Fsp3) is 0.214. The van der Waals surface area contributed by atoms with Crippen LogP contribution in [0.1, 0.15) is 24.0 Å². The first-order valence-electron chi connectivity index (χ1n) is 12.3. The molecule has 4 aromatic rings. The molecule has 0 aliphatic carbocycles. The SMILES string of the molecule is COc1ccc(C(C)C(=O)N(NCCc2ccc(O)c(NS(C)(=O)=O)c2O)c2cccc(-c3nccs3)c2)cc1. The van der Waals surface area contributed by atoms with Crippen molar-refractivity contribution < 1.29 is 28.2 Å². The van der Waals surface area contributed by atoms with E-state index in [9.17, 15) is 23.4 Å². The second kappa shape index (κ2) is 12.4. The van der Waals surface area contributed by atoms with Crippen LogP contribution in [0, 0.1) is 0 Å². The molecular weight excluding hydrogens is 552 g/mol. The number of amides is 1. The molecule has 1 atom stereocenters. The Bertz CT molecular complexity index is 1580. The monoisotopic (exact) mass is 582 g/mol. The van der Waals surface area contributed by atoms with Crippen LogP contribution < -0.4 is 19.9 Å².